The summed E-state index contributed by atoms with van der Waals surface area (Å²) in [5.74, 6) is 0. The molecule has 0 aliphatic rings. The Bertz CT molecular complexity index is 102. The topological polar surface area (TPSA) is 87.0 Å². The van der Waals surface area contributed by atoms with Crippen molar-refractivity contribution in [2.75, 3.05) is 13.2 Å². The molecule has 0 heterocycles. The van der Waals surface area contributed by atoms with Crippen LogP contribution in [0, 0.1) is 0 Å². The molecular formula is C5H10O5. The van der Waals surface area contributed by atoms with Gasteiger partial charge in [-0.25, -0.2) is 4.79 Å². The van der Waals surface area contributed by atoms with Gasteiger partial charge in [-0.05, 0) is 6.42 Å². The van der Waals surface area contributed by atoms with Gasteiger partial charge in [-0.1, -0.05) is 0 Å². The molecule has 3 N–H and O–H groups in total. The van der Waals surface area contributed by atoms with E-state index in [1.165, 1.54) is 0 Å². The second-order valence-electron chi connectivity index (χ2n) is 1.74. The Kier molecular flexibility index (Phi) is 4.61. The lowest BCUT2D eigenvalue weighted by Crippen LogP contribution is -2.18. The molecule has 0 saturated heterocycles. The number of hydrogen-bond donors (Lipinski definition) is 3. The zero-order valence-corrected chi connectivity index (χ0v) is 5.36. The fourth-order valence-electron chi connectivity index (χ4n) is 0.400. The minimum atomic E-state index is -1.42. The number of carboxylic acid groups (broad SMARTS) is 1. The van der Waals surface area contributed by atoms with Gasteiger partial charge in [-0.15, -0.1) is 0 Å². The molecule has 0 fully saturated rings. The van der Waals surface area contributed by atoms with Crippen molar-refractivity contribution in [3.8, 4) is 0 Å². The number of aliphatic hydroxyl groups excluding tert-OH is 2. The quantitative estimate of drug-likeness (QED) is 0.467. The van der Waals surface area contributed by atoms with E-state index in [0.717, 1.165) is 0 Å². The third-order valence-corrected chi connectivity index (χ3v) is 0.862. The molecule has 5 heteroatoms. The van der Waals surface area contributed by atoms with Crippen LogP contribution in [-0.2, 0) is 4.74 Å². The zero-order valence-electron chi connectivity index (χ0n) is 5.36. The maximum atomic E-state index is 9.71. The van der Waals surface area contributed by atoms with Gasteiger partial charge in [0, 0.05) is 6.61 Å². The van der Waals surface area contributed by atoms with Gasteiger partial charge in [0.05, 0.1) is 6.10 Å². The van der Waals surface area contributed by atoms with Gasteiger partial charge in [0.25, 0.3) is 0 Å². The molecule has 0 aromatic heterocycles. The SMILES string of the molecule is O=C(O)OCC(O)CCO. The highest BCUT2D eigenvalue weighted by Gasteiger charge is 2.05. The summed E-state index contributed by atoms with van der Waals surface area (Å²) >= 11 is 0. The second kappa shape index (κ2) is 5.01. The molecule has 0 spiro atoms. The van der Waals surface area contributed by atoms with E-state index in [4.69, 9.17) is 15.3 Å². The molecule has 0 saturated carbocycles. The Labute approximate surface area is 57.9 Å². The van der Waals surface area contributed by atoms with E-state index in [1.807, 2.05) is 0 Å². The van der Waals surface area contributed by atoms with E-state index in [2.05, 4.69) is 4.74 Å². The first-order valence-electron chi connectivity index (χ1n) is 2.81. The molecular weight excluding hydrogens is 140 g/mol. The highest BCUT2D eigenvalue weighted by atomic mass is 16.7. The molecule has 0 aliphatic heterocycles. The number of ether oxygens (including phenoxy) is 1. The van der Waals surface area contributed by atoms with Crippen LogP contribution in [0.3, 0.4) is 0 Å². The monoisotopic (exact) mass is 150 g/mol. The third-order valence-electron chi connectivity index (χ3n) is 0.862. The zero-order chi connectivity index (χ0) is 7.98. The number of carbonyl (C=O) groups is 1. The van der Waals surface area contributed by atoms with Crippen LogP contribution in [0.25, 0.3) is 0 Å². The standard InChI is InChI=1S/C5H10O5/c6-2-1-4(7)3-10-5(8)9/h4,6-7H,1-3H2,(H,8,9). The van der Waals surface area contributed by atoms with Gasteiger partial charge in [-0.2, -0.15) is 0 Å². The molecule has 0 aliphatic carbocycles. The summed E-state index contributed by atoms with van der Waals surface area (Å²) in [4.78, 5) is 9.71. The largest absolute Gasteiger partial charge is 0.505 e. The van der Waals surface area contributed by atoms with Crippen LogP contribution in [0.4, 0.5) is 4.79 Å². The van der Waals surface area contributed by atoms with Gasteiger partial charge in [-0.3, -0.25) is 0 Å². The first-order chi connectivity index (χ1) is 4.66. The van der Waals surface area contributed by atoms with Crippen LogP contribution in [0.15, 0.2) is 0 Å². The van der Waals surface area contributed by atoms with E-state index in [1.54, 1.807) is 0 Å². The summed E-state index contributed by atoms with van der Waals surface area (Å²) in [5, 5.41) is 24.9. The Balaban J connectivity index is 3.21. The molecule has 5 nitrogen and oxygen atoms in total. The van der Waals surface area contributed by atoms with Gasteiger partial charge < -0.3 is 20.1 Å². The summed E-state index contributed by atoms with van der Waals surface area (Å²) < 4.78 is 4.01. The predicted molar refractivity (Wildman–Crippen MR) is 31.7 cm³/mol. The lowest BCUT2D eigenvalue weighted by molar-refractivity contribution is 0.0296. The summed E-state index contributed by atoms with van der Waals surface area (Å²) in [5.41, 5.74) is 0. The summed E-state index contributed by atoms with van der Waals surface area (Å²) in [6.45, 7) is -0.458. The summed E-state index contributed by atoms with van der Waals surface area (Å²) in [7, 11) is 0. The highest BCUT2D eigenvalue weighted by Crippen LogP contribution is 1.90. The average molecular weight is 150 g/mol. The van der Waals surface area contributed by atoms with Crippen molar-refractivity contribution in [2.45, 2.75) is 12.5 Å². The predicted octanol–water partition coefficient (Wildman–Crippen LogP) is -0.576. The Hall–Kier alpha value is -0.810. The minimum Gasteiger partial charge on any atom is -0.450 e. The molecule has 1 unspecified atom stereocenters. The van der Waals surface area contributed by atoms with E-state index >= 15 is 0 Å². The number of aliphatic hydroxyl groups is 2. The van der Waals surface area contributed by atoms with Gasteiger partial charge in [0.2, 0.25) is 0 Å². The van der Waals surface area contributed by atoms with Crippen molar-refractivity contribution in [1.82, 2.24) is 0 Å². The van der Waals surface area contributed by atoms with Gasteiger partial charge >= 0.3 is 6.16 Å². The molecule has 0 aromatic carbocycles. The van der Waals surface area contributed by atoms with Crippen molar-refractivity contribution in [3.63, 3.8) is 0 Å². The Morgan fingerprint density at radius 2 is 2.20 bits per heavy atom. The maximum absolute atomic E-state index is 9.71. The van der Waals surface area contributed by atoms with E-state index in [-0.39, 0.29) is 19.6 Å². The van der Waals surface area contributed by atoms with E-state index in [0.29, 0.717) is 0 Å². The van der Waals surface area contributed by atoms with E-state index < -0.39 is 12.3 Å². The van der Waals surface area contributed by atoms with Crippen molar-refractivity contribution in [2.24, 2.45) is 0 Å². The summed E-state index contributed by atoms with van der Waals surface area (Å²) in [6.07, 6.45) is -2.19. The second-order valence-corrected chi connectivity index (χ2v) is 1.74. The number of rotatable bonds is 4. The molecule has 0 amide bonds. The van der Waals surface area contributed by atoms with Crippen LogP contribution < -0.4 is 0 Å². The normalized spacial score (nSPS) is 12.6. The molecule has 60 valence electrons. The van der Waals surface area contributed by atoms with E-state index in [9.17, 15) is 4.79 Å². The van der Waals surface area contributed by atoms with Crippen LogP contribution in [0.1, 0.15) is 6.42 Å². The lowest BCUT2D eigenvalue weighted by atomic mass is 10.3. The molecule has 0 aromatic rings. The first-order valence-corrected chi connectivity index (χ1v) is 2.81. The molecule has 1 atom stereocenters. The van der Waals surface area contributed by atoms with Crippen LogP contribution >= 0.6 is 0 Å². The van der Waals surface area contributed by atoms with Gasteiger partial charge in [0.1, 0.15) is 6.61 Å². The van der Waals surface area contributed by atoms with Crippen molar-refractivity contribution in [3.05, 3.63) is 0 Å². The highest BCUT2D eigenvalue weighted by molar-refractivity contribution is 5.56. The third kappa shape index (κ3) is 5.33. The fourth-order valence-corrected chi connectivity index (χ4v) is 0.400. The van der Waals surface area contributed by atoms with Crippen molar-refractivity contribution < 1.29 is 24.9 Å². The van der Waals surface area contributed by atoms with Crippen LogP contribution in [0.2, 0.25) is 0 Å². The van der Waals surface area contributed by atoms with Gasteiger partial charge in [0.15, 0.2) is 0 Å². The maximum Gasteiger partial charge on any atom is 0.505 e. The first kappa shape index (κ1) is 9.19. The Morgan fingerprint density at radius 1 is 1.60 bits per heavy atom. The molecule has 0 bridgehead atoms. The number of hydrogen-bond acceptors (Lipinski definition) is 4. The van der Waals surface area contributed by atoms with Crippen LogP contribution in [0.5, 0.6) is 0 Å². The molecule has 0 radical (unpaired) electrons. The van der Waals surface area contributed by atoms with Crippen molar-refractivity contribution in [1.29, 1.82) is 0 Å². The fraction of sp³-hybridized carbons (Fsp3) is 0.800. The molecule has 10 heavy (non-hydrogen) atoms. The molecule has 0 rings (SSSR count). The van der Waals surface area contributed by atoms with Crippen molar-refractivity contribution >= 4 is 6.16 Å². The summed E-state index contributed by atoms with van der Waals surface area (Å²) in [6, 6.07) is 0. The average Bonchev–Trinajstić information content (AvgIpc) is 1.85. The lowest BCUT2D eigenvalue weighted by Gasteiger charge is -2.06. The van der Waals surface area contributed by atoms with Crippen LogP contribution in [-0.4, -0.2) is 40.8 Å². The smallest absolute Gasteiger partial charge is 0.450 e. The minimum absolute atomic E-state index is 0.132. The Morgan fingerprint density at radius 3 is 2.60 bits per heavy atom.